The standard InChI is InChI=1S/C12H14ClNO3/c1-8-10(13)3-2-4-11(8)14-9(5-15)6-17-7-12(14)16/h2-4,9,15H,5-7H2,1H3. The van der Waals surface area contributed by atoms with Gasteiger partial charge in [0.2, 0.25) is 0 Å². The molecule has 1 amide bonds. The van der Waals surface area contributed by atoms with Crippen molar-refractivity contribution in [3.63, 3.8) is 0 Å². The topological polar surface area (TPSA) is 49.8 Å². The van der Waals surface area contributed by atoms with E-state index in [9.17, 15) is 9.90 Å². The highest BCUT2D eigenvalue weighted by atomic mass is 35.5. The maximum absolute atomic E-state index is 11.9. The van der Waals surface area contributed by atoms with Crippen LogP contribution in [0.5, 0.6) is 0 Å². The molecule has 0 aromatic heterocycles. The number of aliphatic hydroxyl groups excluding tert-OH is 1. The minimum Gasteiger partial charge on any atom is -0.394 e. The average molecular weight is 256 g/mol. The Morgan fingerprint density at radius 2 is 2.35 bits per heavy atom. The maximum Gasteiger partial charge on any atom is 0.253 e. The Kier molecular flexibility index (Phi) is 3.66. The number of morpholine rings is 1. The van der Waals surface area contributed by atoms with Crippen molar-refractivity contribution >= 4 is 23.2 Å². The minimum atomic E-state index is -0.339. The molecule has 92 valence electrons. The number of carbonyl (C=O) groups excluding carboxylic acids is 1. The Morgan fingerprint density at radius 1 is 1.59 bits per heavy atom. The number of nitrogens with zero attached hydrogens (tertiary/aromatic N) is 1. The second kappa shape index (κ2) is 5.04. The Bertz CT molecular complexity index is 436. The molecule has 1 heterocycles. The summed E-state index contributed by atoms with van der Waals surface area (Å²) in [5, 5.41) is 9.90. The first kappa shape index (κ1) is 12.4. The van der Waals surface area contributed by atoms with Gasteiger partial charge in [-0.2, -0.15) is 0 Å². The normalized spacial score (nSPS) is 20.8. The lowest BCUT2D eigenvalue weighted by atomic mass is 10.1. The van der Waals surface area contributed by atoms with Gasteiger partial charge >= 0.3 is 0 Å². The first-order valence-electron chi connectivity index (χ1n) is 5.41. The van der Waals surface area contributed by atoms with Crippen LogP contribution in [0, 0.1) is 6.92 Å². The van der Waals surface area contributed by atoms with Gasteiger partial charge in [0.05, 0.1) is 19.3 Å². The lowest BCUT2D eigenvalue weighted by molar-refractivity contribution is -0.128. The third kappa shape index (κ3) is 2.29. The Hall–Kier alpha value is -1.10. The Labute approximate surface area is 105 Å². The number of amides is 1. The molecule has 1 unspecified atom stereocenters. The van der Waals surface area contributed by atoms with Crippen molar-refractivity contribution in [2.24, 2.45) is 0 Å². The highest BCUT2D eigenvalue weighted by Crippen LogP contribution is 2.29. The fourth-order valence-electron chi connectivity index (χ4n) is 1.95. The third-order valence-corrected chi connectivity index (χ3v) is 3.29. The molecule has 0 radical (unpaired) electrons. The number of anilines is 1. The SMILES string of the molecule is Cc1c(Cl)cccc1N1C(=O)COCC1CO. The Morgan fingerprint density at radius 3 is 3.06 bits per heavy atom. The van der Waals surface area contributed by atoms with Crippen molar-refractivity contribution < 1.29 is 14.6 Å². The van der Waals surface area contributed by atoms with Crippen LogP contribution in [-0.2, 0) is 9.53 Å². The lowest BCUT2D eigenvalue weighted by Gasteiger charge is -2.35. The van der Waals surface area contributed by atoms with E-state index in [1.807, 2.05) is 13.0 Å². The van der Waals surface area contributed by atoms with Gasteiger partial charge < -0.3 is 14.7 Å². The molecule has 1 atom stereocenters. The van der Waals surface area contributed by atoms with Crippen molar-refractivity contribution in [1.82, 2.24) is 0 Å². The number of hydrogen-bond acceptors (Lipinski definition) is 3. The summed E-state index contributed by atoms with van der Waals surface area (Å²) in [5.41, 5.74) is 1.58. The van der Waals surface area contributed by atoms with Crippen LogP contribution in [0.4, 0.5) is 5.69 Å². The largest absolute Gasteiger partial charge is 0.394 e. The molecular formula is C12H14ClNO3. The van der Waals surface area contributed by atoms with Crippen LogP contribution >= 0.6 is 11.6 Å². The summed E-state index contributed by atoms with van der Waals surface area (Å²) in [7, 11) is 0. The van der Waals surface area contributed by atoms with Gasteiger partial charge in [-0.15, -0.1) is 0 Å². The number of halogens is 1. The highest BCUT2D eigenvalue weighted by molar-refractivity contribution is 6.31. The Balaban J connectivity index is 2.41. The summed E-state index contributed by atoms with van der Waals surface area (Å²) in [6, 6.07) is 5.06. The van der Waals surface area contributed by atoms with Crippen LogP contribution in [-0.4, -0.2) is 36.9 Å². The first-order valence-corrected chi connectivity index (χ1v) is 5.78. The van der Waals surface area contributed by atoms with Crippen LogP contribution in [0.2, 0.25) is 5.02 Å². The zero-order valence-electron chi connectivity index (χ0n) is 9.52. The molecular weight excluding hydrogens is 242 g/mol. The molecule has 0 spiro atoms. The van der Waals surface area contributed by atoms with E-state index in [1.165, 1.54) is 0 Å². The first-order chi connectivity index (χ1) is 8.15. The van der Waals surface area contributed by atoms with Crippen molar-refractivity contribution in [3.8, 4) is 0 Å². The molecule has 4 nitrogen and oxygen atoms in total. The summed E-state index contributed by atoms with van der Waals surface area (Å²) in [6.07, 6.45) is 0. The molecule has 0 aliphatic carbocycles. The molecule has 1 N–H and O–H groups in total. The van der Waals surface area contributed by atoms with Gasteiger partial charge in [-0.25, -0.2) is 0 Å². The van der Waals surface area contributed by atoms with Gasteiger partial charge in [-0.3, -0.25) is 4.79 Å². The third-order valence-electron chi connectivity index (χ3n) is 2.88. The van der Waals surface area contributed by atoms with E-state index in [4.69, 9.17) is 16.3 Å². The summed E-state index contributed by atoms with van der Waals surface area (Å²) < 4.78 is 5.12. The van der Waals surface area contributed by atoms with Gasteiger partial charge in [-0.1, -0.05) is 17.7 Å². The average Bonchev–Trinajstić information content (AvgIpc) is 2.33. The van der Waals surface area contributed by atoms with Crippen molar-refractivity contribution in [2.45, 2.75) is 13.0 Å². The maximum atomic E-state index is 11.9. The molecule has 1 aliphatic heterocycles. The summed E-state index contributed by atoms with van der Waals surface area (Å²) in [5.74, 6) is -0.152. The van der Waals surface area contributed by atoms with Crippen LogP contribution < -0.4 is 4.90 Å². The smallest absolute Gasteiger partial charge is 0.253 e. The van der Waals surface area contributed by atoms with Crippen LogP contribution in [0.15, 0.2) is 18.2 Å². The monoisotopic (exact) mass is 255 g/mol. The number of aliphatic hydroxyl groups is 1. The zero-order chi connectivity index (χ0) is 12.4. The summed E-state index contributed by atoms with van der Waals surface area (Å²) in [4.78, 5) is 13.4. The van der Waals surface area contributed by atoms with Crippen LogP contribution in [0.1, 0.15) is 5.56 Å². The van der Waals surface area contributed by atoms with Crippen LogP contribution in [0.25, 0.3) is 0 Å². The van der Waals surface area contributed by atoms with Crippen LogP contribution in [0.3, 0.4) is 0 Å². The molecule has 2 rings (SSSR count). The zero-order valence-corrected chi connectivity index (χ0v) is 10.3. The van der Waals surface area contributed by atoms with Crippen molar-refractivity contribution in [3.05, 3.63) is 28.8 Å². The van der Waals surface area contributed by atoms with E-state index >= 15 is 0 Å². The molecule has 1 fully saturated rings. The number of rotatable bonds is 2. The van der Waals surface area contributed by atoms with Gasteiger partial charge in [0.1, 0.15) is 6.61 Å². The molecule has 17 heavy (non-hydrogen) atoms. The number of ether oxygens (including phenoxy) is 1. The summed E-state index contributed by atoms with van der Waals surface area (Å²) >= 11 is 6.04. The molecule has 1 aromatic rings. The second-order valence-corrected chi connectivity index (χ2v) is 4.41. The number of hydrogen-bond donors (Lipinski definition) is 1. The summed E-state index contributed by atoms with van der Waals surface area (Å²) in [6.45, 7) is 2.11. The van der Waals surface area contributed by atoms with Gasteiger partial charge in [0, 0.05) is 10.7 Å². The van der Waals surface area contributed by atoms with Crippen molar-refractivity contribution in [1.29, 1.82) is 0 Å². The van der Waals surface area contributed by atoms with E-state index in [1.54, 1.807) is 17.0 Å². The molecule has 5 heteroatoms. The van der Waals surface area contributed by atoms with E-state index in [0.29, 0.717) is 11.6 Å². The van der Waals surface area contributed by atoms with Gasteiger partial charge in [0.15, 0.2) is 0 Å². The van der Waals surface area contributed by atoms with E-state index < -0.39 is 0 Å². The molecule has 0 saturated carbocycles. The molecule has 1 aliphatic rings. The molecule has 1 saturated heterocycles. The fraction of sp³-hybridized carbons (Fsp3) is 0.417. The van der Waals surface area contributed by atoms with Gasteiger partial charge in [-0.05, 0) is 24.6 Å². The quantitative estimate of drug-likeness (QED) is 0.869. The van der Waals surface area contributed by atoms with E-state index in [-0.39, 0.29) is 25.2 Å². The fourth-order valence-corrected chi connectivity index (χ4v) is 2.12. The van der Waals surface area contributed by atoms with Gasteiger partial charge in [0.25, 0.3) is 5.91 Å². The van der Waals surface area contributed by atoms with E-state index in [0.717, 1.165) is 11.3 Å². The number of carbonyl (C=O) groups is 1. The number of benzene rings is 1. The second-order valence-electron chi connectivity index (χ2n) is 4.00. The van der Waals surface area contributed by atoms with Crippen molar-refractivity contribution in [2.75, 3.05) is 24.7 Å². The molecule has 0 bridgehead atoms. The molecule has 1 aromatic carbocycles. The predicted molar refractivity (Wildman–Crippen MR) is 65.4 cm³/mol. The lowest BCUT2D eigenvalue weighted by Crippen LogP contribution is -2.51. The predicted octanol–water partition coefficient (Wildman–Crippen LogP) is 1.37. The highest BCUT2D eigenvalue weighted by Gasteiger charge is 2.30. The minimum absolute atomic E-state index is 0.0441. The van der Waals surface area contributed by atoms with E-state index in [2.05, 4.69) is 0 Å².